The second kappa shape index (κ2) is 8.32. The van der Waals surface area contributed by atoms with Gasteiger partial charge in [0, 0.05) is 16.1 Å². The zero-order chi connectivity index (χ0) is 22.2. The van der Waals surface area contributed by atoms with E-state index in [0.717, 1.165) is 37.9 Å². The molecule has 3 saturated carbocycles. The minimum atomic E-state index is -0.215. The van der Waals surface area contributed by atoms with Gasteiger partial charge >= 0.3 is 0 Å². The van der Waals surface area contributed by atoms with Crippen molar-refractivity contribution in [2.45, 2.75) is 56.0 Å². The van der Waals surface area contributed by atoms with Crippen LogP contribution in [0.2, 0.25) is 5.02 Å². The Bertz CT molecular complexity index is 1020. The van der Waals surface area contributed by atoms with Gasteiger partial charge in [-0.2, -0.15) is 0 Å². The number of amides is 2. The van der Waals surface area contributed by atoms with Crippen LogP contribution in [0.5, 0.6) is 11.5 Å². The van der Waals surface area contributed by atoms with Crippen molar-refractivity contribution in [2.75, 3.05) is 13.2 Å². The van der Waals surface area contributed by atoms with E-state index in [2.05, 4.69) is 22.8 Å². The van der Waals surface area contributed by atoms with Crippen LogP contribution in [0, 0.1) is 0 Å². The van der Waals surface area contributed by atoms with Crippen LogP contribution in [0.4, 0.5) is 0 Å². The SMILES string of the molecule is O=C(COc1ccc(Cl)cc1)NC12CC(NC(=O)COc3ccc4c(c3)CCCC4)(C1)C2. The number of halogens is 1. The average Bonchev–Trinajstić information content (AvgIpc) is 2.75. The Labute approximate surface area is 192 Å². The van der Waals surface area contributed by atoms with E-state index in [1.54, 1.807) is 24.3 Å². The largest absolute Gasteiger partial charge is 0.484 e. The smallest absolute Gasteiger partial charge is 0.258 e. The standard InChI is InChI=1S/C25H27ClN2O4/c26-19-6-9-20(10-7-19)31-12-22(29)27-24-14-25(15-24,16-24)28-23(30)13-32-21-8-5-17-3-1-2-4-18(17)11-21/h5-11H,1-4,12-16H2,(H,27,29)(H,28,30). The summed E-state index contributed by atoms with van der Waals surface area (Å²) in [6.45, 7) is -0.0355. The summed E-state index contributed by atoms with van der Waals surface area (Å²) in [5.41, 5.74) is 2.31. The molecule has 2 aromatic carbocycles. The molecule has 0 atom stereocenters. The Morgan fingerprint density at radius 2 is 1.31 bits per heavy atom. The van der Waals surface area contributed by atoms with Gasteiger partial charge in [0.1, 0.15) is 11.5 Å². The number of benzene rings is 2. The number of ether oxygens (including phenoxy) is 2. The van der Waals surface area contributed by atoms with Crippen LogP contribution >= 0.6 is 11.6 Å². The molecule has 3 fully saturated rings. The Balaban J connectivity index is 1.03. The van der Waals surface area contributed by atoms with Gasteiger partial charge in [0.15, 0.2) is 13.2 Å². The molecule has 4 aliphatic carbocycles. The molecule has 4 aliphatic rings. The van der Waals surface area contributed by atoms with Gasteiger partial charge in [0.05, 0.1) is 0 Å². The maximum atomic E-state index is 12.4. The molecular weight excluding hydrogens is 428 g/mol. The molecule has 0 radical (unpaired) electrons. The molecule has 0 unspecified atom stereocenters. The third-order valence-electron chi connectivity index (χ3n) is 6.71. The highest BCUT2D eigenvalue weighted by Gasteiger charge is 2.69. The Kier molecular flexibility index (Phi) is 5.49. The zero-order valence-corrected chi connectivity index (χ0v) is 18.7. The topological polar surface area (TPSA) is 76.7 Å². The first kappa shape index (κ1) is 21.1. The normalized spacial score (nSPS) is 24.9. The minimum Gasteiger partial charge on any atom is -0.484 e. The molecule has 2 N–H and O–H groups in total. The Morgan fingerprint density at radius 3 is 1.94 bits per heavy atom. The molecule has 0 spiro atoms. The molecule has 0 aliphatic heterocycles. The third-order valence-corrected chi connectivity index (χ3v) is 6.96. The van der Waals surface area contributed by atoms with Crippen LogP contribution < -0.4 is 20.1 Å². The lowest BCUT2D eigenvalue weighted by molar-refractivity contribution is -0.151. The molecule has 6 rings (SSSR count). The molecule has 6 nitrogen and oxygen atoms in total. The van der Waals surface area contributed by atoms with E-state index in [1.807, 2.05) is 6.07 Å². The number of rotatable bonds is 8. The summed E-state index contributed by atoms with van der Waals surface area (Å²) in [7, 11) is 0. The minimum absolute atomic E-state index is 0.00876. The lowest BCUT2D eigenvalue weighted by Gasteiger charge is -2.70. The number of carbonyl (C=O) groups excluding carboxylic acids is 2. The van der Waals surface area contributed by atoms with Crippen LogP contribution in [0.1, 0.15) is 43.2 Å². The molecule has 2 amide bonds. The van der Waals surface area contributed by atoms with Crippen molar-refractivity contribution in [1.29, 1.82) is 0 Å². The van der Waals surface area contributed by atoms with E-state index < -0.39 is 0 Å². The molecule has 0 aromatic heterocycles. The molecule has 168 valence electrons. The van der Waals surface area contributed by atoms with E-state index in [0.29, 0.717) is 10.8 Å². The van der Waals surface area contributed by atoms with E-state index >= 15 is 0 Å². The summed E-state index contributed by atoms with van der Waals surface area (Å²) >= 11 is 5.85. The highest BCUT2D eigenvalue weighted by Crippen LogP contribution is 2.60. The molecular formula is C25H27ClN2O4. The second-order valence-electron chi connectivity index (χ2n) is 9.36. The molecule has 7 heteroatoms. The van der Waals surface area contributed by atoms with Gasteiger partial charge in [0.2, 0.25) is 0 Å². The average molecular weight is 455 g/mol. The van der Waals surface area contributed by atoms with E-state index in [1.165, 1.54) is 24.0 Å². The van der Waals surface area contributed by atoms with Crippen LogP contribution in [0.15, 0.2) is 42.5 Å². The summed E-state index contributed by atoms with van der Waals surface area (Å²) < 4.78 is 11.2. The zero-order valence-electron chi connectivity index (χ0n) is 17.9. The lowest BCUT2D eigenvalue weighted by atomic mass is 9.44. The third kappa shape index (κ3) is 4.42. The van der Waals surface area contributed by atoms with Crippen molar-refractivity contribution < 1.29 is 19.1 Å². The Morgan fingerprint density at radius 1 is 0.781 bits per heavy atom. The summed E-state index contributed by atoms with van der Waals surface area (Å²) in [6.07, 6.45) is 6.91. The van der Waals surface area contributed by atoms with Crippen molar-refractivity contribution in [3.63, 3.8) is 0 Å². The van der Waals surface area contributed by atoms with Crippen LogP contribution in [0.3, 0.4) is 0 Å². The maximum absolute atomic E-state index is 12.4. The molecule has 0 saturated heterocycles. The van der Waals surface area contributed by atoms with Crippen LogP contribution in [-0.4, -0.2) is 36.1 Å². The van der Waals surface area contributed by atoms with Gasteiger partial charge in [-0.05, 0) is 92.5 Å². The number of carbonyl (C=O) groups is 2. The highest BCUT2D eigenvalue weighted by atomic mass is 35.5. The monoisotopic (exact) mass is 454 g/mol. The van der Waals surface area contributed by atoms with E-state index in [9.17, 15) is 9.59 Å². The molecule has 0 heterocycles. The summed E-state index contributed by atoms with van der Waals surface area (Å²) in [5.74, 6) is 1.08. The van der Waals surface area contributed by atoms with Gasteiger partial charge in [-0.3, -0.25) is 9.59 Å². The van der Waals surface area contributed by atoms with Crippen molar-refractivity contribution in [2.24, 2.45) is 0 Å². The predicted molar refractivity (Wildman–Crippen MR) is 121 cm³/mol. The van der Waals surface area contributed by atoms with Gasteiger partial charge < -0.3 is 20.1 Å². The first-order valence-corrected chi connectivity index (χ1v) is 11.6. The number of hydrogen-bond acceptors (Lipinski definition) is 4. The number of aryl methyl sites for hydroxylation is 2. The fourth-order valence-corrected chi connectivity index (χ4v) is 5.47. The highest BCUT2D eigenvalue weighted by molar-refractivity contribution is 6.30. The van der Waals surface area contributed by atoms with E-state index in [4.69, 9.17) is 21.1 Å². The number of fused-ring (bicyclic) bond motifs is 1. The number of nitrogens with one attached hydrogen (secondary N) is 2. The maximum Gasteiger partial charge on any atom is 0.258 e. The van der Waals surface area contributed by atoms with Crippen molar-refractivity contribution in [3.8, 4) is 11.5 Å². The van der Waals surface area contributed by atoms with Gasteiger partial charge in [-0.1, -0.05) is 17.7 Å². The molecule has 32 heavy (non-hydrogen) atoms. The summed E-state index contributed by atoms with van der Waals surface area (Å²) in [6, 6.07) is 13.0. The second-order valence-corrected chi connectivity index (χ2v) is 9.79. The quantitative estimate of drug-likeness (QED) is 0.639. The van der Waals surface area contributed by atoms with E-state index in [-0.39, 0.29) is 36.1 Å². The van der Waals surface area contributed by atoms with Gasteiger partial charge in [0.25, 0.3) is 11.8 Å². The fraction of sp³-hybridized carbons (Fsp3) is 0.440. The van der Waals surface area contributed by atoms with Crippen molar-refractivity contribution in [1.82, 2.24) is 10.6 Å². The summed E-state index contributed by atoms with van der Waals surface area (Å²) in [5, 5.41) is 6.77. The van der Waals surface area contributed by atoms with Gasteiger partial charge in [-0.25, -0.2) is 0 Å². The first-order valence-electron chi connectivity index (χ1n) is 11.2. The lowest BCUT2D eigenvalue weighted by Crippen LogP contribution is -2.84. The first-order chi connectivity index (χ1) is 15.4. The van der Waals surface area contributed by atoms with Gasteiger partial charge in [-0.15, -0.1) is 0 Å². The Hall–Kier alpha value is -2.73. The predicted octanol–water partition coefficient (Wildman–Crippen LogP) is 3.58. The van der Waals surface area contributed by atoms with Crippen LogP contribution in [0.25, 0.3) is 0 Å². The van der Waals surface area contributed by atoms with Crippen molar-refractivity contribution >= 4 is 23.4 Å². The molecule has 2 aromatic rings. The fourth-order valence-electron chi connectivity index (χ4n) is 5.34. The van der Waals surface area contributed by atoms with Crippen LogP contribution in [-0.2, 0) is 22.4 Å². The molecule has 2 bridgehead atoms. The number of hydrogen-bond donors (Lipinski definition) is 2. The van der Waals surface area contributed by atoms with Crippen molar-refractivity contribution in [3.05, 3.63) is 58.6 Å². The summed E-state index contributed by atoms with van der Waals surface area (Å²) in [4.78, 5) is 24.6.